The normalized spacial score (nSPS) is 13.3. The molecule has 1 N–H and O–H groups in total. The van der Waals surface area contributed by atoms with E-state index < -0.39 is 0 Å². The highest BCUT2D eigenvalue weighted by Crippen LogP contribution is 2.11. The van der Waals surface area contributed by atoms with Crippen molar-refractivity contribution in [2.24, 2.45) is 5.92 Å². The second kappa shape index (κ2) is 6.71. The van der Waals surface area contributed by atoms with Crippen LogP contribution in [-0.2, 0) is 11.3 Å². The van der Waals surface area contributed by atoms with Gasteiger partial charge in [-0.25, -0.2) is 0 Å². The average molecular weight is 225 g/mol. The van der Waals surface area contributed by atoms with Gasteiger partial charge >= 0.3 is 0 Å². The molecule has 3 nitrogen and oxygen atoms in total. The first-order chi connectivity index (χ1) is 7.65. The fourth-order valence-corrected chi connectivity index (χ4v) is 1.72. The smallest absolute Gasteiger partial charge is 0.120 e. The number of aryl methyl sites for hydroxylation is 1. The van der Waals surface area contributed by atoms with Gasteiger partial charge in [0.05, 0.1) is 12.8 Å². The van der Waals surface area contributed by atoms with E-state index in [1.54, 1.807) is 13.4 Å². The zero-order chi connectivity index (χ0) is 12.0. The molecule has 0 aliphatic heterocycles. The van der Waals surface area contributed by atoms with Crippen molar-refractivity contribution in [3.8, 4) is 0 Å². The highest BCUT2D eigenvalue weighted by molar-refractivity contribution is 5.14. The van der Waals surface area contributed by atoms with Crippen LogP contribution in [0.15, 0.2) is 16.7 Å². The van der Waals surface area contributed by atoms with E-state index in [2.05, 4.69) is 26.1 Å². The molecule has 0 aliphatic carbocycles. The Morgan fingerprint density at radius 1 is 1.44 bits per heavy atom. The molecule has 16 heavy (non-hydrogen) atoms. The lowest BCUT2D eigenvalue weighted by atomic mass is 10.0. The lowest BCUT2D eigenvalue weighted by Gasteiger charge is -2.21. The summed E-state index contributed by atoms with van der Waals surface area (Å²) in [4.78, 5) is 0. The van der Waals surface area contributed by atoms with Crippen LogP contribution >= 0.6 is 0 Å². The van der Waals surface area contributed by atoms with Crippen molar-refractivity contribution in [3.63, 3.8) is 0 Å². The summed E-state index contributed by atoms with van der Waals surface area (Å²) in [5.74, 6) is 1.63. The van der Waals surface area contributed by atoms with Crippen molar-refractivity contribution < 1.29 is 9.15 Å². The Morgan fingerprint density at radius 3 is 2.69 bits per heavy atom. The van der Waals surface area contributed by atoms with Crippen molar-refractivity contribution >= 4 is 0 Å². The lowest BCUT2D eigenvalue weighted by Crippen LogP contribution is -2.34. The number of rotatable bonds is 7. The van der Waals surface area contributed by atoms with E-state index in [0.717, 1.165) is 25.3 Å². The quantitative estimate of drug-likeness (QED) is 0.775. The number of hydrogen-bond donors (Lipinski definition) is 1. The largest absolute Gasteiger partial charge is 0.468 e. The Bertz CT molecular complexity index is 294. The SMILES string of the molecule is COCCC(NCc1occc1C)C(C)C. The van der Waals surface area contributed by atoms with E-state index >= 15 is 0 Å². The number of methoxy groups -OCH3 is 1. The molecule has 0 amide bonds. The van der Waals surface area contributed by atoms with Crippen LogP contribution in [0.1, 0.15) is 31.6 Å². The molecule has 0 radical (unpaired) electrons. The van der Waals surface area contributed by atoms with Crippen LogP contribution in [-0.4, -0.2) is 19.8 Å². The van der Waals surface area contributed by atoms with Crippen LogP contribution in [0.5, 0.6) is 0 Å². The molecule has 92 valence electrons. The van der Waals surface area contributed by atoms with E-state index in [4.69, 9.17) is 9.15 Å². The summed E-state index contributed by atoms with van der Waals surface area (Å²) >= 11 is 0. The molecular formula is C13H23NO2. The van der Waals surface area contributed by atoms with Crippen molar-refractivity contribution in [2.75, 3.05) is 13.7 Å². The van der Waals surface area contributed by atoms with Crippen molar-refractivity contribution in [1.29, 1.82) is 0 Å². The molecule has 0 aromatic carbocycles. The number of hydrogen-bond acceptors (Lipinski definition) is 3. The third-order valence-electron chi connectivity index (χ3n) is 2.93. The molecule has 1 heterocycles. The highest BCUT2D eigenvalue weighted by Gasteiger charge is 2.13. The monoisotopic (exact) mass is 225 g/mol. The molecule has 0 saturated heterocycles. The molecule has 1 atom stereocenters. The van der Waals surface area contributed by atoms with E-state index in [1.165, 1.54) is 5.56 Å². The maximum absolute atomic E-state index is 5.41. The highest BCUT2D eigenvalue weighted by atomic mass is 16.5. The third kappa shape index (κ3) is 3.99. The van der Waals surface area contributed by atoms with Gasteiger partial charge in [0.25, 0.3) is 0 Å². The summed E-state index contributed by atoms with van der Waals surface area (Å²) in [6, 6.07) is 2.47. The topological polar surface area (TPSA) is 34.4 Å². The lowest BCUT2D eigenvalue weighted by molar-refractivity contribution is 0.172. The molecule has 1 rings (SSSR count). The van der Waals surface area contributed by atoms with Gasteiger partial charge in [0.15, 0.2) is 0 Å². The second-order valence-corrected chi connectivity index (χ2v) is 4.54. The molecule has 0 bridgehead atoms. The van der Waals surface area contributed by atoms with Gasteiger partial charge in [-0.1, -0.05) is 13.8 Å². The Labute approximate surface area is 98.2 Å². The summed E-state index contributed by atoms with van der Waals surface area (Å²) in [7, 11) is 1.74. The Morgan fingerprint density at radius 2 is 2.19 bits per heavy atom. The van der Waals surface area contributed by atoms with Crippen LogP contribution < -0.4 is 5.32 Å². The molecule has 0 saturated carbocycles. The Hall–Kier alpha value is -0.800. The van der Waals surface area contributed by atoms with Crippen molar-refractivity contribution in [2.45, 2.75) is 39.8 Å². The molecule has 0 spiro atoms. The summed E-state index contributed by atoms with van der Waals surface area (Å²) in [6.45, 7) is 8.11. The summed E-state index contributed by atoms with van der Waals surface area (Å²) in [6.07, 6.45) is 2.78. The molecule has 1 unspecified atom stereocenters. The summed E-state index contributed by atoms with van der Waals surface area (Å²) < 4.78 is 10.5. The van der Waals surface area contributed by atoms with Crippen LogP contribution in [0.3, 0.4) is 0 Å². The van der Waals surface area contributed by atoms with Gasteiger partial charge in [-0.15, -0.1) is 0 Å². The van der Waals surface area contributed by atoms with E-state index in [1.807, 2.05) is 6.07 Å². The van der Waals surface area contributed by atoms with Crippen LogP contribution in [0, 0.1) is 12.8 Å². The predicted octanol–water partition coefficient (Wildman–Crippen LogP) is 2.74. The van der Waals surface area contributed by atoms with Gasteiger partial charge in [-0.3, -0.25) is 0 Å². The first kappa shape index (κ1) is 13.3. The minimum absolute atomic E-state index is 0.476. The first-order valence-electron chi connectivity index (χ1n) is 5.90. The Balaban J connectivity index is 2.40. The average Bonchev–Trinajstić information content (AvgIpc) is 2.64. The van der Waals surface area contributed by atoms with Gasteiger partial charge in [0.2, 0.25) is 0 Å². The standard InChI is InChI=1S/C13H23NO2/c1-10(2)12(6-7-15-4)14-9-13-11(3)5-8-16-13/h5,8,10,12,14H,6-7,9H2,1-4H3. The van der Waals surface area contributed by atoms with Crippen molar-refractivity contribution in [3.05, 3.63) is 23.7 Å². The van der Waals surface area contributed by atoms with Gasteiger partial charge in [-0.2, -0.15) is 0 Å². The molecule has 0 fully saturated rings. The van der Waals surface area contributed by atoms with Crippen molar-refractivity contribution in [1.82, 2.24) is 5.32 Å². The number of nitrogens with one attached hydrogen (secondary N) is 1. The minimum Gasteiger partial charge on any atom is -0.468 e. The molecule has 3 heteroatoms. The molecule has 1 aromatic heterocycles. The van der Waals surface area contributed by atoms with Gasteiger partial charge in [0, 0.05) is 19.8 Å². The van der Waals surface area contributed by atoms with Crippen LogP contribution in [0.4, 0.5) is 0 Å². The fourth-order valence-electron chi connectivity index (χ4n) is 1.72. The fraction of sp³-hybridized carbons (Fsp3) is 0.692. The van der Waals surface area contributed by atoms with E-state index in [9.17, 15) is 0 Å². The first-order valence-corrected chi connectivity index (χ1v) is 5.90. The predicted molar refractivity (Wildman–Crippen MR) is 65.4 cm³/mol. The number of ether oxygens (including phenoxy) is 1. The maximum atomic E-state index is 5.41. The third-order valence-corrected chi connectivity index (χ3v) is 2.93. The Kier molecular flexibility index (Phi) is 5.56. The maximum Gasteiger partial charge on any atom is 0.120 e. The van der Waals surface area contributed by atoms with Crippen LogP contribution in [0.25, 0.3) is 0 Å². The molecule has 0 aliphatic rings. The number of furan rings is 1. The molecular weight excluding hydrogens is 202 g/mol. The van der Waals surface area contributed by atoms with Crippen LogP contribution in [0.2, 0.25) is 0 Å². The van der Waals surface area contributed by atoms with Gasteiger partial charge in [0.1, 0.15) is 5.76 Å². The van der Waals surface area contributed by atoms with E-state index in [0.29, 0.717) is 12.0 Å². The summed E-state index contributed by atoms with van der Waals surface area (Å²) in [5, 5.41) is 3.52. The molecule has 1 aromatic rings. The van der Waals surface area contributed by atoms with Gasteiger partial charge < -0.3 is 14.5 Å². The minimum atomic E-state index is 0.476. The van der Waals surface area contributed by atoms with E-state index in [-0.39, 0.29) is 0 Å². The zero-order valence-electron chi connectivity index (χ0n) is 10.7. The van der Waals surface area contributed by atoms with Gasteiger partial charge in [-0.05, 0) is 30.9 Å². The second-order valence-electron chi connectivity index (χ2n) is 4.54. The summed E-state index contributed by atoms with van der Waals surface area (Å²) in [5.41, 5.74) is 1.21. The zero-order valence-corrected chi connectivity index (χ0v) is 10.7.